The number of nitrogens with zero attached hydrogens (tertiary/aromatic N) is 2. The molecule has 0 fully saturated rings. The van der Waals surface area contributed by atoms with Crippen LogP contribution in [0.25, 0.3) is 11.4 Å². The van der Waals surface area contributed by atoms with E-state index in [2.05, 4.69) is 152 Å². The van der Waals surface area contributed by atoms with Gasteiger partial charge < -0.3 is 14.2 Å². The fourth-order valence-electron chi connectivity index (χ4n) is 6.91. The molecule has 5 aromatic rings. The minimum absolute atomic E-state index is 0.358. The molecule has 0 radical (unpaired) electrons. The molecule has 51 heavy (non-hydrogen) atoms. The third-order valence-corrected chi connectivity index (χ3v) is 9.65. The van der Waals surface area contributed by atoms with Crippen LogP contribution in [-0.4, -0.2) is 17.8 Å². The molecule has 5 rings (SSSR count). The summed E-state index contributed by atoms with van der Waals surface area (Å²) in [5, 5.41) is 0. The quantitative estimate of drug-likeness (QED) is 0.0765. The van der Waals surface area contributed by atoms with Crippen LogP contribution in [0.1, 0.15) is 131 Å². The van der Waals surface area contributed by atoms with Gasteiger partial charge in [0, 0.05) is 28.7 Å². The number of hydrogen-bond acceptors (Lipinski definition) is 3. The zero-order valence-corrected chi connectivity index (χ0v) is 32.6. The van der Waals surface area contributed by atoms with Gasteiger partial charge in [-0.1, -0.05) is 129 Å². The van der Waals surface area contributed by atoms with E-state index in [0.717, 1.165) is 46.9 Å². The van der Waals surface area contributed by atoms with Crippen LogP contribution in [0.4, 0.5) is 0 Å². The number of para-hydroxylation sites is 2. The molecule has 0 atom stereocenters. The van der Waals surface area contributed by atoms with E-state index in [1.165, 1.54) is 33.6 Å². The van der Waals surface area contributed by atoms with Crippen molar-refractivity contribution < 1.29 is 18.8 Å². The average Bonchev–Trinajstić information content (AvgIpc) is 3.54. The predicted octanol–water partition coefficient (Wildman–Crippen LogP) is 11.5. The van der Waals surface area contributed by atoms with Gasteiger partial charge in [-0.05, 0) is 65.8 Å². The molecule has 5 heteroatoms. The summed E-state index contributed by atoms with van der Waals surface area (Å²) < 4.78 is 23.9. The number of hydrogen-bond donors (Lipinski definition) is 0. The van der Waals surface area contributed by atoms with Crippen molar-refractivity contribution in [2.45, 2.75) is 112 Å². The number of benzene rings is 4. The van der Waals surface area contributed by atoms with Crippen LogP contribution in [0.5, 0.6) is 17.4 Å². The van der Waals surface area contributed by atoms with E-state index in [0.29, 0.717) is 43.5 Å². The predicted molar refractivity (Wildman–Crippen MR) is 211 cm³/mol. The Hall–Kier alpha value is -4.51. The maximum Gasteiger partial charge on any atom is 0.330 e. The molecule has 0 spiro atoms. The molecule has 1 aromatic heterocycles. The Morgan fingerprint density at radius 2 is 1.22 bits per heavy atom. The minimum atomic E-state index is 0.358. The molecular formula is C46H59N2O3+. The van der Waals surface area contributed by atoms with Crippen molar-refractivity contribution in [1.29, 1.82) is 0 Å². The lowest BCUT2D eigenvalue weighted by Crippen LogP contribution is -2.32. The van der Waals surface area contributed by atoms with Crippen LogP contribution < -0.4 is 18.8 Å². The number of aryl methyl sites for hydroxylation is 2. The van der Waals surface area contributed by atoms with Crippen LogP contribution in [0.3, 0.4) is 0 Å². The topological polar surface area (TPSA) is 36.5 Å². The Balaban J connectivity index is 1.41. The number of imidazole rings is 1. The first kappa shape index (κ1) is 37.7. The standard InChI is InChI=1S/C46H59N2O3/c1-11-37-27-38(51-29-36-18-13-12-14-19-36)26-35(10)46(37)50-25-17-24-49-43-28-47(44-39(31(2)3)20-15-21-40(44)32(4)5)30-48(43)45-41(33(6)7)22-16-23-42(45)34(8)9/h12-16,18-23,26-28,30-34H,11,17,24-25,29H2,1-10H3/q+1. The summed E-state index contributed by atoms with van der Waals surface area (Å²) in [4.78, 5) is 0. The van der Waals surface area contributed by atoms with Crippen molar-refractivity contribution in [1.82, 2.24) is 4.57 Å². The fourth-order valence-corrected chi connectivity index (χ4v) is 6.91. The van der Waals surface area contributed by atoms with Gasteiger partial charge in [-0.15, -0.1) is 0 Å². The SMILES string of the molecule is CCc1cc(OCc2ccccc2)cc(C)c1OCCCOc1c[n+](-c2c(C(C)C)cccc2C(C)C)cn1-c1c(C(C)C)cccc1C(C)C. The molecule has 1 heterocycles. The second-order valence-electron chi connectivity index (χ2n) is 15.0. The smallest absolute Gasteiger partial charge is 0.330 e. The van der Waals surface area contributed by atoms with Crippen molar-refractivity contribution in [2.24, 2.45) is 0 Å². The van der Waals surface area contributed by atoms with Crippen molar-refractivity contribution in [3.05, 3.63) is 130 Å². The highest BCUT2D eigenvalue weighted by Crippen LogP contribution is 2.35. The molecular weight excluding hydrogens is 629 g/mol. The second-order valence-corrected chi connectivity index (χ2v) is 15.0. The molecule has 0 aliphatic carbocycles. The van der Waals surface area contributed by atoms with Crippen molar-refractivity contribution in [3.8, 4) is 28.8 Å². The molecule has 0 bridgehead atoms. The summed E-state index contributed by atoms with van der Waals surface area (Å²) in [6.07, 6.45) is 6.04. The van der Waals surface area contributed by atoms with Crippen LogP contribution in [0, 0.1) is 6.92 Å². The average molecular weight is 688 g/mol. The minimum Gasteiger partial charge on any atom is -0.493 e. The third-order valence-electron chi connectivity index (χ3n) is 9.65. The lowest BCUT2D eigenvalue weighted by Gasteiger charge is -2.18. The molecule has 270 valence electrons. The van der Waals surface area contributed by atoms with E-state index in [9.17, 15) is 0 Å². The lowest BCUT2D eigenvalue weighted by molar-refractivity contribution is -0.596. The van der Waals surface area contributed by atoms with Gasteiger partial charge in [-0.2, -0.15) is 9.13 Å². The van der Waals surface area contributed by atoms with Crippen molar-refractivity contribution in [2.75, 3.05) is 13.2 Å². The molecule has 0 amide bonds. The zero-order valence-electron chi connectivity index (χ0n) is 32.6. The van der Waals surface area contributed by atoms with E-state index in [1.807, 2.05) is 18.2 Å². The van der Waals surface area contributed by atoms with Gasteiger partial charge in [0.25, 0.3) is 6.33 Å². The summed E-state index contributed by atoms with van der Waals surface area (Å²) in [6, 6.07) is 27.9. The summed E-state index contributed by atoms with van der Waals surface area (Å²) in [6.45, 7) is 24.1. The number of ether oxygens (including phenoxy) is 3. The van der Waals surface area contributed by atoms with Gasteiger partial charge in [0.1, 0.15) is 29.5 Å². The highest BCUT2D eigenvalue weighted by Gasteiger charge is 2.28. The molecule has 0 unspecified atom stereocenters. The number of aromatic nitrogens is 2. The van der Waals surface area contributed by atoms with Crippen LogP contribution in [-0.2, 0) is 13.0 Å². The number of rotatable bonds is 16. The fraction of sp³-hybridized carbons (Fsp3) is 0.413. The Labute approximate surface area is 307 Å². The van der Waals surface area contributed by atoms with E-state index >= 15 is 0 Å². The molecule has 0 N–H and O–H groups in total. The maximum atomic E-state index is 6.72. The summed E-state index contributed by atoms with van der Waals surface area (Å²) >= 11 is 0. The van der Waals surface area contributed by atoms with Gasteiger partial charge in [0.15, 0.2) is 6.20 Å². The molecule has 0 saturated carbocycles. The van der Waals surface area contributed by atoms with E-state index in [1.54, 1.807) is 0 Å². The van der Waals surface area contributed by atoms with Crippen LogP contribution >= 0.6 is 0 Å². The van der Waals surface area contributed by atoms with Crippen LogP contribution in [0.15, 0.2) is 91.4 Å². The zero-order chi connectivity index (χ0) is 36.7. The second kappa shape index (κ2) is 17.1. The van der Waals surface area contributed by atoms with Crippen molar-refractivity contribution >= 4 is 0 Å². The molecule has 0 saturated heterocycles. The molecule has 0 aliphatic rings. The van der Waals surface area contributed by atoms with E-state index in [4.69, 9.17) is 14.2 Å². The van der Waals surface area contributed by atoms with E-state index < -0.39 is 0 Å². The third kappa shape index (κ3) is 8.87. The summed E-state index contributed by atoms with van der Waals surface area (Å²) in [5.74, 6) is 4.14. The van der Waals surface area contributed by atoms with Gasteiger partial charge in [-0.25, -0.2) is 0 Å². The molecule has 0 aliphatic heterocycles. The largest absolute Gasteiger partial charge is 0.493 e. The van der Waals surface area contributed by atoms with Gasteiger partial charge in [0.05, 0.1) is 13.2 Å². The Morgan fingerprint density at radius 3 is 1.78 bits per heavy atom. The van der Waals surface area contributed by atoms with Crippen molar-refractivity contribution in [3.63, 3.8) is 0 Å². The lowest BCUT2D eigenvalue weighted by atomic mass is 9.92. The Kier molecular flexibility index (Phi) is 12.7. The summed E-state index contributed by atoms with van der Waals surface area (Å²) in [7, 11) is 0. The maximum absolute atomic E-state index is 6.72. The molecule has 4 aromatic carbocycles. The monoisotopic (exact) mass is 687 g/mol. The van der Waals surface area contributed by atoms with E-state index in [-0.39, 0.29) is 0 Å². The summed E-state index contributed by atoms with van der Waals surface area (Å²) in [5.41, 5.74) is 11.2. The first-order chi connectivity index (χ1) is 24.5. The first-order valence-electron chi connectivity index (χ1n) is 19.0. The highest BCUT2D eigenvalue weighted by molar-refractivity contribution is 5.53. The Bertz CT molecular complexity index is 1830. The Morgan fingerprint density at radius 1 is 0.647 bits per heavy atom. The normalized spacial score (nSPS) is 11.6. The van der Waals surface area contributed by atoms with Gasteiger partial charge in [-0.3, -0.25) is 0 Å². The van der Waals surface area contributed by atoms with Gasteiger partial charge in [0.2, 0.25) is 0 Å². The first-order valence-corrected chi connectivity index (χ1v) is 19.0. The highest BCUT2D eigenvalue weighted by atomic mass is 16.5. The van der Waals surface area contributed by atoms with Crippen LogP contribution in [0.2, 0.25) is 0 Å². The van der Waals surface area contributed by atoms with Gasteiger partial charge >= 0.3 is 5.88 Å². The molecule has 5 nitrogen and oxygen atoms in total.